The minimum atomic E-state index is -2.51. The van der Waals surface area contributed by atoms with Crippen molar-refractivity contribution in [1.82, 2.24) is 4.90 Å². The molecule has 3 aliphatic heterocycles. The number of esters is 4. The summed E-state index contributed by atoms with van der Waals surface area (Å²) in [5, 5.41) is 0. The molecule has 0 aliphatic carbocycles. The van der Waals surface area contributed by atoms with Gasteiger partial charge in [-0.25, -0.2) is 14.5 Å². The molecule has 3 fully saturated rings. The van der Waals surface area contributed by atoms with Crippen LogP contribution in [0.15, 0.2) is 91.0 Å². The number of carbonyl (C=O) groups excluding carboxylic acids is 6. The fraction of sp³-hybridized carbons (Fsp3) is 0.489. The zero-order valence-electron chi connectivity index (χ0n) is 37.5. The van der Waals surface area contributed by atoms with Crippen molar-refractivity contribution in [2.75, 3.05) is 27.4 Å². The van der Waals surface area contributed by atoms with Crippen LogP contribution in [-0.2, 0) is 101 Å². The van der Waals surface area contributed by atoms with E-state index < -0.39 is 122 Å². The summed E-state index contributed by atoms with van der Waals surface area (Å²) in [6.07, 6.45) is -13.2. The molecule has 0 bridgehead atoms. The van der Waals surface area contributed by atoms with E-state index in [1.54, 1.807) is 0 Å². The predicted molar refractivity (Wildman–Crippen MR) is 225 cm³/mol. The van der Waals surface area contributed by atoms with E-state index in [2.05, 4.69) is 0 Å². The smallest absolute Gasteiger partial charge is 0.417 e. The first-order valence-corrected chi connectivity index (χ1v) is 21.3. The fourth-order valence-corrected chi connectivity index (χ4v) is 8.15. The Morgan fingerprint density at radius 3 is 1.73 bits per heavy atom. The lowest BCUT2D eigenvalue weighted by molar-refractivity contribution is -0.347. The highest BCUT2D eigenvalue weighted by molar-refractivity contribution is 5.93. The molecule has 356 valence electrons. The van der Waals surface area contributed by atoms with Crippen LogP contribution in [0.4, 0.5) is 4.79 Å². The van der Waals surface area contributed by atoms with Crippen molar-refractivity contribution in [3.8, 4) is 0 Å². The second kappa shape index (κ2) is 23.1. The van der Waals surface area contributed by atoms with Gasteiger partial charge >= 0.3 is 30.0 Å². The van der Waals surface area contributed by atoms with Gasteiger partial charge in [-0.2, -0.15) is 0 Å². The molecule has 0 aromatic heterocycles. The van der Waals surface area contributed by atoms with Crippen LogP contribution in [-0.4, -0.2) is 135 Å². The lowest BCUT2D eigenvalue weighted by atomic mass is 9.88. The Labute approximate surface area is 381 Å². The number of rotatable bonds is 20. The Balaban J connectivity index is 1.40. The molecule has 0 radical (unpaired) electrons. The number of fused-ring (bicyclic) bond motifs is 1. The molecule has 3 heterocycles. The highest BCUT2D eigenvalue weighted by atomic mass is 16.8. The van der Waals surface area contributed by atoms with E-state index in [1.807, 2.05) is 91.0 Å². The molecule has 0 N–H and O–H groups in total. The third-order valence-electron chi connectivity index (χ3n) is 11.0. The molecule has 19 heteroatoms. The zero-order valence-corrected chi connectivity index (χ0v) is 37.5. The van der Waals surface area contributed by atoms with Crippen LogP contribution in [0.3, 0.4) is 0 Å². The maximum Gasteiger partial charge on any atom is 0.417 e. The monoisotopic (exact) mass is 921 g/mol. The molecule has 6 rings (SSSR count). The van der Waals surface area contributed by atoms with E-state index in [9.17, 15) is 28.8 Å². The SMILES string of the molecule is COC(=O)[C@@]1(OC[C@H]2O[C@H](OC)[C@H](OCc3ccccc3)[C@@H](OCc3ccccc3)[C@@H]2OCc2ccccc2)C[C@@H]2OC(=O)N(C(C)=O)[C@H]2[C@H]([C@H](OC(C)=O)[C@@H](COC(C)=O)OC(C)=O)O1. The molecule has 11 atom stereocenters. The van der Waals surface area contributed by atoms with Crippen molar-refractivity contribution in [2.45, 2.75) is 121 Å². The summed E-state index contributed by atoms with van der Waals surface area (Å²) < 4.78 is 72.7. The maximum atomic E-state index is 14.2. The Bertz CT molecular complexity index is 2110. The van der Waals surface area contributed by atoms with Gasteiger partial charge in [0, 0.05) is 34.8 Å². The molecule has 2 amide bonds. The van der Waals surface area contributed by atoms with Gasteiger partial charge in [-0.15, -0.1) is 0 Å². The molecular weight excluding hydrogens is 867 g/mol. The molecule has 3 saturated heterocycles. The van der Waals surface area contributed by atoms with Crippen molar-refractivity contribution < 1.29 is 85.6 Å². The molecule has 3 aliphatic rings. The Hall–Kier alpha value is -5.80. The van der Waals surface area contributed by atoms with E-state index in [-0.39, 0.29) is 19.8 Å². The lowest BCUT2D eigenvalue weighted by Crippen LogP contribution is -2.68. The van der Waals surface area contributed by atoms with Crippen molar-refractivity contribution in [3.05, 3.63) is 108 Å². The van der Waals surface area contributed by atoms with Gasteiger partial charge < -0.3 is 56.8 Å². The first-order chi connectivity index (χ1) is 31.7. The second-order valence-electron chi connectivity index (χ2n) is 15.7. The van der Waals surface area contributed by atoms with Crippen molar-refractivity contribution >= 4 is 35.9 Å². The van der Waals surface area contributed by atoms with Gasteiger partial charge in [0.1, 0.15) is 49.3 Å². The predicted octanol–water partition coefficient (Wildman–Crippen LogP) is 3.95. The van der Waals surface area contributed by atoms with Gasteiger partial charge in [-0.05, 0) is 16.7 Å². The van der Waals surface area contributed by atoms with Gasteiger partial charge in [-0.1, -0.05) is 91.0 Å². The molecule has 19 nitrogen and oxygen atoms in total. The Kier molecular flexibility index (Phi) is 17.4. The number of carbonyl (C=O) groups is 6. The van der Waals surface area contributed by atoms with Gasteiger partial charge in [0.2, 0.25) is 5.91 Å². The minimum absolute atomic E-state index is 0.0743. The topological polar surface area (TPSA) is 216 Å². The molecule has 3 aromatic rings. The number of hydrogen-bond donors (Lipinski definition) is 0. The number of benzene rings is 3. The summed E-state index contributed by atoms with van der Waals surface area (Å²) >= 11 is 0. The highest BCUT2D eigenvalue weighted by Gasteiger charge is 2.65. The van der Waals surface area contributed by atoms with Crippen molar-refractivity contribution in [1.29, 1.82) is 0 Å². The number of amides is 2. The summed E-state index contributed by atoms with van der Waals surface area (Å²) in [5.74, 6) is -7.02. The summed E-state index contributed by atoms with van der Waals surface area (Å²) in [4.78, 5) is 78.6. The molecule has 0 unspecified atom stereocenters. The average Bonchev–Trinajstić information content (AvgIpc) is 3.65. The van der Waals surface area contributed by atoms with Crippen molar-refractivity contribution in [3.63, 3.8) is 0 Å². The van der Waals surface area contributed by atoms with Crippen LogP contribution < -0.4 is 0 Å². The largest absolute Gasteiger partial charge is 0.465 e. The number of hydrogen-bond acceptors (Lipinski definition) is 18. The van der Waals surface area contributed by atoms with Crippen LogP contribution in [0, 0.1) is 0 Å². The van der Waals surface area contributed by atoms with Crippen LogP contribution in [0.5, 0.6) is 0 Å². The number of nitrogens with zero attached hydrogens (tertiary/aromatic N) is 1. The Morgan fingerprint density at radius 1 is 0.712 bits per heavy atom. The summed E-state index contributed by atoms with van der Waals surface area (Å²) in [6, 6.07) is 26.9. The molecule has 0 saturated carbocycles. The van der Waals surface area contributed by atoms with Gasteiger partial charge in [0.25, 0.3) is 5.79 Å². The van der Waals surface area contributed by atoms with E-state index in [0.29, 0.717) is 0 Å². The number of ether oxygens (including phenoxy) is 12. The van der Waals surface area contributed by atoms with Crippen LogP contribution >= 0.6 is 0 Å². The molecule has 3 aromatic carbocycles. The van der Waals surface area contributed by atoms with E-state index >= 15 is 0 Å². The first-order valence-electron chi connectivity index (χ1n) is 21.3. The third-order valence-corrected chi connectivity index (χ3v) is 11.0. The molecule has 0 spiro atoms. The van der Waals surface area contributed by atoms with Gasteiger partial charge in [0.05, 0.1) is 40.0 Å². The van der Waals surface area contributed by atoms with Crippen molar-refractivity contribution in [2.24, 2.45) is 0 Å². The molecule has 66 heavy (non-hydrogen) atoms. The van der Waals surface area contributed by atoms with Gasteiger partial charge in [0.15, 0.2) is 18.5 Å². The maximum absolute atomic E-state index is 14.2. The average molecular weight is 922 g/mol. The van der Waals surface area contributed by atoms with E-state index in [4.69, 9.17) is 56.8 Å². The van der Waals surface area contributed by atoms with Crippen LogP contribution in [0.1, 0.15) is 50.8 Å². The summed E-state index contributed by atoms with van der Waals surface area (Å²) in [5.41, 5.74) is 2.54. The van der Waals surface area contributed by atoms with Crippen LogP contribution in [0.25, 0.3) is 0 Å². The molecular formula is C47H55NO18. The first kappa shape index (κ1) is 49.6. The highest BCUT2D eigenvalue weighted by Crippen LogP contribution is 2.43. The van der Waals surface area contributed by atoms with Crippen LogP contribution in [0.2, 0.25) is 0 Å². The number of methoxy groups -OCH3 is 2. The minimum Gasteiger partial charge on any atom is -0.465 e. The zero-order chi connectivity index (χ0) is 47.4. The second-order valence-corrected chi connectivity index (χ2v) is 15.7. The van der Waals surface area contributed by atoms with Gasteiger partial charge in [-0.3, -0.25) is 19.2 Å². The third kappa shape index (κ3) is 12.3. The number of imide groups is 1. The standard InChI is InChI=1S/C47H55NO18/c1-28(49)48-38-35(65-46(48)54)22-47(45(53)56-6,66-41(38)40(63-31(4)52)36(62-30(3)51)26-57-29(2)50)61-27-37-39(58-23-32-16-10-7-11-17-32)42(59-24-33-18-12-8-13-19-33)43(44(55-5)64-37)60-25-34-20-14-9-15-21-34/h7-21,35-44H,22-27H2,1-6H3/t35-,36+,37+,38+,39+,40+,41+,42-,43+,44-,47+/m0/s1. The normalized spacial score (nSPS) is 26.8. The van der Waals surface area contributed by atoms with E-state index in [1.165, 1.54) is 7.11 Å². The lowest BCUT2D eigenvalue weighted by Gasteiger charge is -2.48. The summed E-state index contributed by atoms with van der Waals surface area (Å²) in [6.45, 7) is 3.47. The Morgan fingerprint density at radius 2 is 1.24 bits per heavy atom. The summed E-state index contributed by atoms with van der Waals surface area (Å²) in [7, 11) is 2.50. The van der Waals surface area contributed by atoms with E-state index in [0.717, 1.165) is 56.4 Å². The quantitative estimate of drug-likeness (QED) is 0.116. The fourth-order valence-electron chi connectivity index (χ4n) is 8.15.